The normalized spacial score (nSPS) is 19.5. The van der Waals surface area contributed by atoms with Gasteiger partial charge in [0.05, 0.1) is 6.10 Å². The van der Waals surface area contributed by atoms with Crippen LogP contribution >= 0.6 is 0 Å². The van der Waals surface area contributed by atoms with Crippen LogP contribution in [0.2, 0.25) is 0 Å². The molecule has 0 spiro atoms. The molecule has 2 N–H and O–H groups in total. The van der Waals surface area contributed by atoms with Crippen LogP contribution in [0.3, 0.4) is 0 Å². The summed E-state index contributed by atoms with van der Waals surface area (Å²) in [6, 6.07) is 8.44. The topological polar surface area (TPSA) is 45.6 Å². The fourth-order valence-corrected chi connectivity index (χ4v) is 2.90. The maximum atomic E-state index is 6.05. The zero-order valence-electron chi connectivity index (χ0n) is 12.6. The zero-order valence-corrected chi connectivity index (χ0v) is 12.6. The third kappa shape index (κ3) is 4.38. The molecule has 4 heteroatoms. The van der Waals surface area contributed by atoms with Gasteiger partial charge in [-0.1, -0.05) is 18.6 Å². The van der Waals surface area contributed by atoms with Crippen molar-refractivity contribution in [1.82, 2.24) is 10.6 Å². The molecule has 21 heavy (non-hydrogen) atoms. The third-order valence-electron chi connectivity index (χ3n) is 4.14. The maximum absolute atomic E-state index is 6.05. The molecular formula is C17H25N3O. The SMILES string of the molecule is c1cc(OC2CCCCC2)ccc1CNC1=NCCCN1. The number of hydrogen-bond donors (Lipinski definition) is 2. The molecule has 1 heterocycles. The van der Waals surface area contributed by atoms with Gasteiger partial charge in [0.2, 0.25) is 0 Å². The number of nitrogens with zero attached hydrogens (tertiary/aromatic N) is 1. The Hall–Kier alpha value is -1.71. The summed E-state index contributed by atoms with van der Waals surface area (Å²) >= 11 is 0. The van der Waals surface area contributed by atoms with Crippen molar-refractivity contribution in [2.75, 3.05) is 13.1 Å². The largest absolute Gasteiger partial charge is 0.490 e. The second kappa shape index (κ2) is 7.34. The van der Waals surface area contributed by atoms with Crippen LogP contribution in [0.5, 0.6) is 5.75 Å². The Morgan fingerprint density at radius 3 is 2.62 bits per heavy atom. The molecule has 1 saturated carbocycles. The standard InChI is InChI=1S/C17H25N3O/c1-2-5-15(6-3-1)21-16-9-7-14(8-10-16)13-20-17-18-11-4-12-19-17/h7-10,15H,1-6,11-13H2,(H2,18,19,20). The molecule has 1 aromatic rings. The van der Waals surface area contributed by atoms with Gasteiger partial charge in [-0.15, -0.1) is 0 Å². The molecule has 1 aliphatic heterocycles. The highest BCUT2D eigenvalue weighted by molar-refractivity contribution is 5.80. The molecule has 0 bridgehead atoms. The Bertz CT molecular complexity index is 463. The van der Waals surface area contributed by atoms with Gasteiger partial charge in [-0.3, -0.25) is 4.99 Å². The summed E-state index contributed by atoms with van der Waals surface area (Å²) < 4.78 is 6.05. The Balaban J connectivity index is 1.48. The molecule has 0 atom stereocenters. The molecule has 0 aromatic heterocycles. The van der Waals surface area contributed by atoms with Crippen molar-refractivity contribution in [3.63, 3.8) is 0 Å². The first kappa shape index (κ1) is 14.2. The molecule has 1 fully saturated rings. The Morgan fingerprint density at radius 2 is 1.90 bits per heavy atom. The molecule has 2 aliphatic rings. The molecule has 0 radical (unpaired) electrons. The van der Waals surface area contributed by atoms with Gasteiger partial charge in [0, 0.05) is 19.6 Å². The van der Waals surface area contributed by atoms with Gasteiger partial charge >= 0.3 is 0 Å². The third-order valence-corrected chi connectivity index (χ3v) is 4.14. The highest BCUT2D eigenvalue weighted by Crippen LogP contribution is 2.23. The van der Waals surface area contributed by atoms with Gasteiger partial charge in [-0.2, -0.15) is 0 Å². The van der Waals surface area contributed by atoms with Crippen LogP contribution in [-0.2, 0) is 6.54 Å². The predicted molar refractivity (Wildman–Crippen MR) is 85.7 cm³/mol. The summed E-state index contributed by atoms with van der Waals surface area (Å²) in [5, 5.41) is 6.61. The monoisotopic (exact) mass is 287 g/mol. The second-order valence-corrected chi connectivity index (χ2v) is 5.89. The number of ether oxygens (including phenoxy) is 1. The van der Waals surface area contributed by atoms with Crippen molar-refractivity contribution in [2.45, 2.75) is 51.2 Å². The lowest BCUT2D eigenvalue weighted by Crippen LogP contribution is -2.40. The smallest absolute Gasteiger partial charge is 0.191 e. The highest BCUT2D eigenvalue weighted by Gasteiger charge is 2.14. The number of nitrogens with one attached hydrogen (secondary N) is 2. The van der Waals surface area contributed by atoms with E-state index in [1.54, 1.807) is 0 Å². The van der Waals surface area contributed by atoms with Crippen LogP contribution in [-0.4, -0.2) is 25.2 Å². The molecule has 1 aliphatic carbocycles. The minimum Gasteiger partial charge on any atom is -0.490 e. The van der Waals surface area contributed by atoms with E-state index in [-0.39, 0.29) is 0 Å². The zero-order chi connectivity index (χ0) is 14.3. The summed E-state index contributed by atoms with van der Waals surface area (Å²) in [7, 11) is 0. The number of benzene rings is 1. The van der Waals surface area contributed by atoms with Crippen LogP contribution in [0.4, 0.5) is 0 Å². The molecule has 1 aromatic carbocycles. The van der Waals surface area contributed by atoms with Crippen molar-refractivity contribution < 1.29 is 4.74 Å². The first-order chi connectivity index (χ1) is 10.4. The first-order valence-corrected chi connectivity index (χ1v) is 8.18. The molecule has 0 amide bonds. The van der Waals surface area contributed by atoms with Gasteiger partial charge in [0.25, 0.3) is 0 Å². The van der Waals surface area contributed by atoms with Crippen LogP contribution in [0.1, 0.15) is 44.1 Å². The minimum absolute atomic E-state index is 0.420. The van der Waals surface area contributed by atoms with E-state index in [1.807, 2.05) is 0 Å². The predicted octanol–water partition coefficient (Wildman–Crippen LogP) is 2.84. The van der Waals surface area contributed by atoms with E-state index in [0.29, 0.717) is 6.10 Å². The quantitative estimate of drug-likeness (QED) is 0.895. The molecule has 114 valence electrons. The molecule has 4 nitrogen and oxygen atoms in total. The van der Waals surface area contributed by atoms with Crippen LogP contribution < -0.4 is 15.4 Å². The first-order valence-electron chi connectivity index (χ1n) is 8.18. The van der Waals surface area contributed by atoms with Crippen molar-refractivity contribution in [3.8, 4) is 5.75 Å². The van der Waals surface area contributed by atoms with E-state index < -0.39 is 0 Å². The summed E-state index contributed by atoms with van der Waals surface area (Å²) in [5.41, 5.74) is 1.25. The lowest BCUT2D eigenvalue weighted by molar-refractivity contribution is 0.155. The van der Waals surface area contributed by atoms with Gasteiger partial charge in [0.1, 0.15) is 5.75 Å². The molecular weight excluding hydrogens is 262 g/mol. The summed E-state index contributed by atoms with van der Waals surface area (Å²) in [5.74, 6) is 1.92. The fraction of sp³-hybridized carbons (Fsp3) is 0.588. The number of rotatable bonds is 4. The fourth-order valence-electron chi connectivity index (χ4n) is 2.90. The average molecular weight is 287 g/mol. The lowest BCUT2D eigenvalue weighted by atomic mass is 9.98. The Morgan fingerprint density at radius 1 is 1.10 bits per heavy atom. The summed E-state index contributed by atoms with van der Waals surface area (Å²) in [6.45, 7) is 2.74. The molecule has 3 rings (SSSR count). The van der Waals surface area contributed by atoms with E-state index >= 15 is 0 Å². The van der Waals surface area contributed by atoms with Crippen molar-refractivity contribution >= 4 is 5.96 Å². The number of aliphatic imine (C=N–C) groups is 1. The molecule has 0 saturated heterocycles. The van der Waals surface area contributed by atoms with E-state index in [9.17, 15) is 0 Å². The van der Waals surface area contributed by atoms with Crippen molar-refractivity contribution in [3.05, 3.63) is 29.8 Å². The Kier molecular flexibility index (Phi) is 4.98. The second-order valence-electron chi connectivity index (χ2n) is 5.89. The van der Waals surface area contributed by atoms with E-state index in [2.05, 4.69) is 39.9 Å². The van der Waals surface area contributed by atoms with Crippen LogP contribution in [0, 0.1) is 0 Å². The summed E-state index contributed by atoms with van der Waals surface area (Å²) in [4.78, 5) is 4.41. The van der Waals surface area contributed by atoms with Crippen LogP contribution in [0.25, 0.3) is 0 Å². The highest BCUT2D eigenvalue weighted by atomic mass is 16.5. The van der Waals surface area contributed by atoms with Crippen molar-refractivity contribution in [2.24, 2.45) is 4.99 Å². The van der Waals surface area contributed by atoms with E-state index in [0.717, 1.165) is 37.8 Å². The minimum atomic E-state index is 0.420. The maximum Gasteiger partial charge on any atom is 0.191 e. The van der Waals surface area contributed by atoms with Gasteiger partial charge in [0.15, 0.2) is 5.96 Å². The van der Waals surface area contributed by atoms with Gasteiger partial charge in [-0.25, -0.2) is 0 Å². The van der Waals surface area contributed by atoms with E-state index in [1.165, 1.54) is 37.7 Å². The summed E-state index contributed by atoms with van der Waals surface area (Å²) in [6.07, 6.45) is 7.93. The number of hydrogen-bond acceptors (Lipinski definition) is 4. The number of guanidine groups is 1. The van der Waals surface area contributed by atoms with Crippen molar-refractivity contribution in [1.29, 1.82) is 0 Å². The Labute approximate surface area is 127 Å². The van der Waals surface area contributed by atoms with E-state index in [4.69, 9.17) is 4.74 Å². The van der Waals surface area contributed by atoms with Gasteiger partial charge in [-0.05, 0) is 49.8 Å². The lowest BCUT2D eigenvalue weighted by Gasteiger charge is -2.23. The van der Waals surface area contributed by atoms with Gasteiger partial charge < -0.3 is 15.4 Å². The van der Waals surface area contributed by atoms with Crippen LogP contribution in [0.15, 0.2) is 29.3 Å². The average Bonchev–Trinajstić information content (AvgIpc) is 2.56. The molecule has 0 unspecified atom stereocenters.